The maximum absolute atomic E-state index is 13.9. The lowest BCUT2D eigenvalue weighted by Crippen LogP contribution is -2.54. The maximum atomic E-state index is 13.9. The molecule has 8 heteroatoms. The lowest BCUT2D eigenvalue weighted by Gasteiger charge is -2.36. The fraction of sp³-hybridized carbons (Fsp3) is 0.421. The molecule has 1 aliphatic heterocycles. The fourth-order valence-corrected chi connectivity index (χ4v) is 3.83. The van der Waals surface area contributed by atoms with Gasteiger partial charge in [0.15, 0.2) is 0 Å². The topological polar surface area (TPSA) is 45.5 Å². The van der Waals surface area contributed by atoms with Gasteiger partial charge in [-0.3, -0.25) is 4.79 Å². The number of nitrogens with zero attached hydrogens (tertiary/aromatic N) is 2. The zero-order valence-electron chi connectivity index (χ0n) is 14.6. The van der Waals surface area contributed by atoms with Crippen LogP contribution in [0, 0.1) is 6.92 Å². The highest BCUT2D eigenvalue weighted by atomic mass is 35.5. The van der Waals surface area contributed by atoms with Crippen molar-refractivity contribution < 1.29 is 23.1 Å². The summed E-state index contributed by atoms with van der Waals surface area (Å²) in [5.41, 5.74) is 0.139. The number of β-amino-alcohol motifs (C(OH)–C–C–N with tert-alkyl or cyclic N) is 1. The zero-order chi connectivity index (χ0) is 19.5. The van der Waals surface area contributed by atoms with Gasteiger partial charge in [0.1, 0.15) is 11.4 Å². The minimum atomic E-state index is -4.57. The van der Waals surface area contributed by atoms with E-state index < -0.39 is 23.9 Å². The average molecular weight is 399 g/mol. The molecule has 1 saturated heterocycles. The first-order chi connectivity index (χ1) is 12.7. The van der Waals surface area contributed by atoms with E-state index in [4.69, 9.17) is 11.6 Å². The van der Waals surface area contributed by atoms with E-state index in [-0.39, 0.29) is 36.0 Å². The Kier molecular flexibility index (Phi) is 4.27. The van der Waals surface area contributed by atoms with E-state index in [9.17, 15) is 23.1 Å². The molecule has 1 aliphatic carbocycles. The van der Waals surface area contributed by atoms with E-state index in [0.29, 0.717) is 23.4 Å². The molecule has 1 N–H and O–H groups in total. The summed E-state index contributed by atoms with van der Waals surface area (Å²) >= 11 is 5.92. The van der Waals surface area contributed by atoms with Crippen molar-refractivity contribution in [3.8, 4) is 11.1 Å². The summed E-state index contributed by atoms with van der Waals surface area (Å²) in [6.07, 6.45) is -3.97. The summed E-state index contributed by atoms with van der Waals surface area (Å²) in [6.45, 7) is 1.68. The number of hydrogen-bond donors (Lipinski definition) is 1. The lowest BCUT2D eigenvalue weighted by atomic mass is 9.99. The van der Waals surface area contributed by atoms with Crippen LogP contribution in [0.5, 0.6) is 0 Å². The van der Waals surface area contributed by atoms with Crippen molar-refractivity contribution in [3.05, 3.63) is 46.2 Å². The number of halogens is 4. The van der Waals surface area contributed by atoms with Gasteiger partial charge >= 0.3 is 6.18 Å². The third-order valence-electron chi connectivity index (χ3n) is 5.11. The monoisotopic (exact) mass is 398 g/mol. The van der Waals surface area contributed by atoms with Gasteiger partial charge in [-0.05, 0) is 43.0 Å². The summed E-state index contributed by atoms with van der Waals surface area (Å²) < 4.78 is 42.8. The third kappa shape index (κ3) is 3.12. The smallest absolute Gasteiger partial charge is 0.389 e. The van der Waals surface area contributed by atoms with Gasteiger partial charge in [0.2, 0.25) is 0 Å². The van der Waals surface area contributed by atoms with Crippen LogP contribution in [0.25, 0.3) is 11.1 Å². The van der Waals surface area contributed by atoms with Gasteiger partial charge in [-0.15, -0.1) is 0 Å². The number of likely N-dealkylation sites (tertiary alicyclic amines) is 1. The van der Waals surface area contributed by atoms with Crippen LogP contribution in [-0.4, -0.2) is 39.7 Å². The Labute approximate surface area is 159 Å². The Balaban J connectivity index is 1.95. The van der Waals surface area contributed by atoms with E-state index in [0.717, 1.165) is 0 Å². The van der Waals surface area contributed by atoms with Gasteiger partial charge in [0, 0.05) is 29.7 Å². The minimum absolute atomic E-state index is 0.0427. The molecule has 1 aromatic carbocycles. The normalized spacial score (nSPS) is 17.9. The molecule has 1 aromatic heterocycles. The number of rotatable bonds is 3. The first kappa shape index (κ1) is 18.4. The van der Waals surface area contributed by atoms with Crippen LogP contribution >= 0.6 is 11.6 Å². The molecule has 4 nitrogen and oxygen atoms in total. The predicted molar refractivity (Wildman–Crippen MR) is 94.8 cm³/mol. The quantitative estimate of drug-likeness (QED) is 0.838. The minimum Gasteiger partial charge on any atom is -0.389 e. The Bertz CT molecular complexity index is 895. The van der Waals surface area contributed by atoms with Gasteiger partial charge in [0.25, 0.3) is 5.91 Å². The Morgan fingerprint density at radius 1 is 1.19 bits per heavy atom. The number of carbonyl (C=O) groups is 1. The first-order valence-corrected chi connectivity index (χ1v) is 9.11. The second-order valence-corrected chi connectivity index (χ2v) is 7.60. The molecule has 2 fully saturated rings. The van der Waals surface area contributed by atoms with Gasteiger partial charge in [-0.25, -0.2) is 0 Å². The molecule has 4 rings (SSSR count). The number of amides is 1. The van der Waals surface area contributed by atoms with Crippen molar-refractivity contribution in [1.82, 2.24) is 9.47 Å². The molecule has 0 atom stereocenters. The van der Waals surface area contributed by atoms with Crippen molar-refractivity contribution in [2.75, 3.05) is 13.1 Å². The lowest BCUT2D eigenvalue weighted by molar-refractivity contribution is -0.144. The summed E-state index contributed by atoms with van der Waals surface area (Å²) in [7, 11) is 0. The average Bonchev–Trinajstić information content (AvgIpc) is 3.34. The number of hydrogen-bond acceptors (Lipinski definition) is 2. The highest BCUT2D eigenvalue weighted by molar-refractivity contribution is 6.30. The Hall–Kier alpha value is -1.99. The van der Waals surface area contributed by atoms with Gasteiger partial charge in [0.05, 0.1) is 6.10 Å². The molecule has 144 valence electrons. The highest BCUT2D eigenvalue weighted by Gasteiger charge is 2.46. The van der Waals surface area contributed by atoms with Crippen LogP contribution in [0.15, 0.2) is 24.3 Å². The number of alkyl halides is 3. The molecule has 27 heavy (non-hydrogen) atoms. The number of aliphatic hydroxyl groups excluding tert-OH is 1. The SMILES string of the molecule is Cc1c(-c2ccc(Cl)cc2)c(C(=O)N2CC(O)C2)n(C2CC2)c1C(F)(F)F. The molecule has 0 unspecified atom stereocenters. The fourth-order valence-electron chi connectivity index (χ4n) is 3.71. The third-order valence-corrected chi connectivity index (χ3v) is 5.37. The second kappa shape index (κ2) is 6.27. The summed E-state index contributed by atoms with van der Waals surface area (Å²) in [5.74, 6) is -0.476. The Morgan fingerprint density at radius 3 is 2.26 bits per heavy atom. The van der Waals surface area contributed by atoms with Gasteiger partial charge in [-0.1, -0.05) is 23.7 Å². The Morgan fingerprint density at radius 2 is 1.78 bits per heavy atom. The summed E-state index contributed by atoms with van der Waals surface area (Å²) in [5, 5.41) is 9.98. The molecule has 2 aromatic rings. The molecular weight excluding hydrogens is 381 g/mol. The number of aliphatic hydroxyl groups is 1. The number of aromatic nitrogens is 1. The molecule has 1 saturated carbocycles. The number of benzene rings is 1. The van der Waals surface area contributed by atoms with E-state index >= 15 is 0 Å². The largest absolute Gasteiger partial charge is 0.431 e. The van der Waals surface area contributed by atoms with Crippen LogP contribution in [-0.2, 0) is 6.18 Å². The van der Waals surface area contributed by atoms with Crippen molar-refractivity contribution in [3.63, 3.8) is 0 Å². The molecule has 2 aliphatic rings. The zero-order valence-corrected chi connectivity index (χ0v) is 15.3. The summed E-state index contributed by atoms with van der Waals surface area (Å²) in [6, 6.07) is 6.12. The first-order valence-electron chi connectivity index (χ1n) is 8.73. The molecular formula is C19H18ClF3N2O2. The van der Waals surface area contributed by atoms with Crippen molar-refractivity contribution in [1.29, 1.82) is 0 Å². The number of carbonyl (C=O) groups excluding carboxylic acids is 1. The van der Waals surface area contributed by atoms with Crippen LogP contribution < -0.4 is 0 Å². The van der Waals surface area contributed by atoms with Crippen molar-refractivity contribution in [2.45, 2.75) is 38.1 Å². The predicted octanol–water partition coefficient (Wildman–Crippen LogP) is 4.29. The van der Waals surface area contributed by atoms with Crippen LogP contribution in [0.3, 0.4) is 0 Å². The molecule has 0 bridgehead atoms. The second-order valence-electron chi connectivity index (χ2n) is 7.17. The van der Waals surface area contributed by atoms with Gasteiger partial charge < -0.3 is 14.6 Å². The molecule has 2 heterocycles. The molecule has 0 radical (unpaired) electrons. The maximum Gasteiger partial charge on any atom is 0.431 e. The van der Waals surface area contributed by atoms with Crippen LogP contribution in [0.2, 0.25) is 5.02 Å². The van der Waals surface area contributed by atoms with E-state index in [2.05, 4.69) is 0 Å². The van der Waals surface area contributed by atoms with Crippen molar-refractivity contribution in [2.24, 2.45) is 0 Å². The summed E-state index contributed by atoms with van der Waals surface area (Å²) in [4.78, 5) is 14.5. The van der Waals surface area contributed by atoms with E-state index in [1.165, 1.54) is 16.4 Å². The van der Waals surface area contributed by atoms with E-state index in [1.807, 2.05) is 0 Å². The molecule has 0 spiro atoms. The standard InChI is InChI=1S/C19H18ClF3N2O2/c1-10-15(11-2-4-12(20)5-3-11)16(18(27)24-8-14(26)9-24)25(13-6-7-13)17(10)19(21,22)23/h2-5,13-14,26H,6-9H2,1H3. The molecule has 1 amide bonds. The highest BCUT2D eigenvalue weighted by Crippen LogP contribution is 2.48. The van der Waals surface area contributed by atoms with Gasteiger partial charge in [-0.2, -0.15) is 13.2 Å². The van der Waals surface area contributed by atoms with E-state index in [1.54, 1.807) is 24.3 Å². The van der Waals surface area contributed by atoms with Crippen LogP contribution in [0.4, 0.5) is 13.2 Å². The van der Waals surface area contributed by atoms with Crippen molar-refractivity contribution >= 4 is 17.5 Å². The van der Waals surface area contributed by atoms with Crippen LogP contribution in [0.1, 0.15) is 40.6 Å².